The standard InChI is InChI=1S/C15H15Br2ClN2O3S2/c1-20-5-4-10(8-20)23-13-6-9(2-3-11(13)16)19-25(21,22)14-7-12(17)15(18)24-14/h2-3,6-7,10,19H,4-5,8H2,1H3/t10-/m1/s1. The van der Waals surface area contributed by atoms with Crippen LogP contribution in [0, 0.1) is 0 Å². The lowest BCUT2D eigenvalue weighted by molar-refractivity contribution is 0.207. The molecule has 1 aliphatic heterocycles. The smallest absolute Gasteiger partial charge is 0.271 e. The van der Waals surface area contributed by atoms with Gasteiger partial charge in [0.25, 0.3) is 10.0 Å². The molecule has 0 bridgehead atoms. The van der Waals surface area contributed by atoms with E-state index in [0.29, 0.717) is 20.2 Å². The molecule has 0 aliphatic carbocycles. The molecule has 1 aliphatic rings. The van der Waals surface area contributed by atoms with Gasteiger partial charge in [-0.15, -0.1) is 11.3 Å². The van der Waals surface area contributed by atoms with E-state index in [4.69, 9.17) is 16.3 Å². The number of hydrogen-bond acceptors (Lipinski definition) is 5. The van der Waals surface area contributed by atoms with Gasteiger partial charge in [-0.25, -0.2) is 8.42 Å². The van der Waals surface area contributed by atoms with Gasteiger partial charge in [0.2, 0.25) is 0 Å². The third kappa shape index (κ3) is 4.70. The molecule has 1 atom stereocenters. The van der Waals surface area contributed by atoms with Gasteiger partial charge in [0.15, 0.2) is 0 Å². The molecule has 1 saturated heterocycles. The molecule has 1 N–H and O–H groups in total. The van der Waals surface area contributed by atoms with E-state index < -0.39 is 10.0 Å². The molecule has 0 spiro atoms. The highest BCUT2D eigenvalue weighted by molar-refractivity contribution is 9.11. The molecule has 2 aromatic rings. The van der Waals surface area contributed by atoms with Crippen LogP contribution < -0.4 is 9.46 Å². The van der Waals surface area contributed by atoms with Crippen molar-refractivity contribution in [3.05, 3.63) is 37.5 Å². The third-order valence-corrected chi connectivity index (χ3v) is 8.70. The number of rotatable bonds is 5. The molecule has 1 aromatic heterocycles. The van der Waals surface area contributed by atoms with Crippen LogP contribution in [0.5, 0.6) is 5.75 Å². The van der Waals surface area contributed by atoms with Gasteiger partial charge >= 0.3 is 0 Å². The first kappa shape index (κ1) is 19.4. The summed E-state index contributed by atoms with van der Waals surface area (Å²) in [5.41, 5.74) is 0.435. The predicted molar refractivity (Wildman–Crippen MR) is 109 cm³/mol. The minimum Gasteiger partial charge on any atom is -0.488 e. The Bertz CT molecular complexity index is 869. The Kier molecular flexibility index (Phi) is 6.02. The Labute approximate surface area is 172 Å². The third-order valence-electron chi connectivity index (χ3n) is 3.71. The number of nitrogens with zero attached hydrogens (tertiary/aromatic N) is 1. The summed E-state index contributed by atoms with van der Waals surface area (Å²) in [6, 6.07) is 6.62. The minimum atomic E-state index is -3.71. The van der Waals surface area contributed by atoms with Crippen molar-refractivity contribution >= 4 is 70.5 Å². The lowest BCUT2D eigenvalue weighted by atomic mass is 10.3. The van der Waals surface area contributed by atoms with Crippen LogP contribution in [0.25, 0.3) is 0 Å². The predicted octanol–water partition coefficient (Wildman–Crippen LogP) is 4.81. The zero-order valence-corrected chi connectivity index (χ0v) is 18.7. The first-order valence-electron chi connectivity index (χ1n) is 7.37. The summed E-state index contributed by atoms with van der Waals surface area (Å²) in [6.45, 7) is 1.84. The quantitative estimate of drug-likeness (QED) is 0.603. The van der Waals surface area contributed by atoms with Gasteiger partial charge in [-0.3, -0.25) is 4.72 Å². The normalized spacial score (nSPS) is 18.5. The van der Waals surface area contributed by atoms with Crippen molar-refractivity contribution in [3.8, 4) is 5.75 Å². The summed E-state index contributed by atoms with van der Waals surface area (Å²) in [5.74, 6) is 0.617. The zero-order chi connectivity index (χ0) is 18.2. The largest absolute Gasteiger partial charge is 0.488 e. The maximum atomic E-state index is 12.5. The van der Waals surface area contributed by atoms with E-state index in [1.54, 1.807) is 18.2 Å². The second-order valence-electron chi connectivity index (χ2n) is 5.73. The van der Waals surface area contributed by atoms with E-state index in [1.165, 1.54) is 6.07 Å². The highest BCUT2D eigenvalue weighted by atomic mass is 79.9. The van der Waals surface area contributed by atoms with Gasteiger partial charge in [-0.2, -0.15) is 0 Å². The highest BCUT2D eigenvalue weighted by Crippen LogP contribution is 2.36. The Morgan fingerprint density at radius 1 is 1.32 bits per heavy atom. The summed E-state index contributed by atoms with van der Waals surface area (Å²) in [4.78, 5) is 2.20. The molecular formula is C15H15Br2ClN2O3S2. The molecular weight excluding hydrogens is 516 g/mol. The Balaban J connectivity index is 1.79. The molecule has 25 heavy (non-hydrogen) atoms. The fourth-order valence-electron chi connectivity index (χ4n) is 2.49. The maximum absolute atomic E-state index is 12.5. The summed E-state index contributed by atoms with van der Waals surface area (Å²) in [6.07, 6.45) is 1.04. The van der Waals surface area contributed by atoms with Gasteiger partial charge in [0, 0.05) is 23.6 Å². The molecule has 0 amide bonds. The number of nitrogens with one attached hydrogen (secondary N) is 1. The van der Waals surface area contributed by atoms with Crippen LogP contribution in [0.1, 0.15) is 6.42 Å². The average Bonchev–Trinajstić information content (AvgIpc) is 3.09. The fourth-order valence-corrected chi connectivity index (χ4v) is 6.18. The second-order valence-corrected chi connectivity index (χ2v) is 11.0. The topological polar surface area (TPSA) is 58.6 Å². The van der Waals surface area contributed by atoms with Crippen LogP contribution in [0.15, 0.2) is 37.4 Å². The molecule has 0 unspecified atom stereocenters. The van der Waals surface area contributed by atoms with E-state index in [1.807, 2.05) is 7.05 Å². The van der Waals surface area contributed by atoms with E-state index in [0.717, 1.165) is 35.3 Å². The summed E-state index contributed by atoms with van der Waals surface area (Å²) in [7, 11) is -1.66. The molecule has 0 saturated carbocycles. The molecule has 1 aromatic carbocycles. The van der Waals surface area contributed by atoms with Crippen LogP contribution in [-0.2, 0) is 10.0 Å². The number of likely N-dealkylation sites (N-methyl/N-ethyl adjacent to an activating group) is 1. The molecule has 1 fully saturated rings. The minimum absolute atomic E-state index is 0.0974. The fraction of sp³-hybridized carbons (Fsp3) is 0.333. The van der Waals surface area contributed by atoms with Crippen molar-refractivity contribution in [3.63, 3.8) is 0 Å². The zero-order valence-electron chi connectivity index (χ0n) is 13.1. The SMILES string of the molecule is CN1CC[C@@H](Oc2cc(NS(=O)(=O)c3cc(Br)c(Cl)s3)ccc2Br)C1. The van der Waals surface area contributed by atoms with Gasteiger partial charge in [0.05, 0.1) is 10.2 Å². The Morgan fingerprint density at radius 2 is 2.08 bits per heavy atom. The molecule has 0 radical (unpaired) electrons. The van der Waals surface area contributed by atoms with Gasteiger partial charge in [-0.05, 0) is 63.5 Å². The van der Waals surface area contributed by atoms with Crippen molar-refractivity contribution in [2.75, 3.05) is 24.9 Å². The van der Waals surface area contributed by atoms with Gasteiger partial charge in [0.1, 0.15) is 20.4 Å². The number of thiophene rings is 1. The summed E-state index contributed by atoms with van der Waals surface area (Å²) < 4.78 is 35.5. The van der Waals surface area contributed by atoms with Crippen LogP contribution >= 0.6 is 54.8 Å². The van der Waals surface area contributed by atoms with Gasteiger partial charge < -0.3 is 9.64 Å². The first-order valence-corrected chi connectivity index (χ1v) is 11.6. The van der Waals surface area contributed by atoms with E-state index in [-0.39, 0.29) is 10.3 Å². The number of likely N-dealkylation sites (tertiary alicyclic amines) is 1. The maximum Gasteiger partial charge on any atom is 0.271 e. The number of hydrogen-bond donors (Lipinski definition) is 1. The summed E-state index contributed by atoms with van der Waals surface area (Å²) in [5, 5.41) is 0. The van der Waals surface area contributed by atoms with Crippen LogP contribution in [0.2, 0.25) is 4.34 Å². The van der Waals surface area contributed by atoms with Crippen LogP contribution in [-0.4, -0.2) is 39.6 Å². The van der Waals surface area contributed by atoms with Gasteiger partial charge in [-0.1, -0.05) is 11.6 Å². The number of sulfonamides is 1. The second kappa shape index (κ2) is 7.74. The Hall–Kier alpha value is -0.320. The van der Waals surface area contributed by atoms with Crippen molar-refractivity contribution in [1.82, 2.24) is 4.90 Å². The highest BCUT2D eigenvalue weighted by Gasteiger charge is 2.23. The first-order chi connectivity index (χ1) is 11.7. The lowest BCUT2D eigenvalue weighted by Gasteiger charge is -2.16. The van der Waals surface area contributed by atoms with Crippen molar-refractivity contribution in [1.29, 1.82) is 0 Å². The number of halogens is 3. The number of benzene rings is 1. The molecule has 136 valence electrons. The average molecular weight is 531 g/mol. The van der Waals surface area contributed by atoms with Crippen molar-refractivity contribution in [2.24, 2.45) is 0 Å². The van der Waals surface area contributed by atoms with Crippen LogP contribution in [0.3, 0.4) is 0 Å². The Morgan fingerprint density at radius 3 is 2.68 bits per heavy atom. The van der Waals surface area contributed by atoms with Crippen molar-refractivity contribution in [2.45, 2.75) is 16.7 Å². The molecule has 2 heterocycles. The van der Waals surface area contributed by atoms with Crippen LogP contribution in [0.4, 0.5) is 5.69 Å². The van der Waals surface area contributed by atoms with E-state index in [2.05, 4.69) is 41.5 Å². The molecule has 10 heteroatoms. The monoisotopic (exact) mass is 528 g/mol. The number of ether oxygens (including phenoxy) is 1. The van der Waals surface area contributed by atoms with E-state index in [9.17, 15) is 8.42 Å². The number of anilines is 1. The van der Waals surface area contributed by atoms with E-state index >= 15 is 0 Å². The molecule has 3 rings (SSSR count). The summed E-state index contributed by atoms with van der Waals surface area (Å²) >= 11 is 13.6. The van der Waals surface area contributed by atoms with Crippen molar-refractivity contribution < 1.29 is 13.2 Å². The lowest BCUT2D eigenvalue weighted by Crippen LogP contribution is -2.21. The molecule has 5 nitrogen and oxygen atoms in total.